The van der Waals surface area contributed by atoms with Crippen molar-refractivity contribution in [2.24, 2.45) is 9.98 Å². The van der Waals surface area contributed by atoms with Crippen LogP contribution in [0, 0.1) is 6.92 Å². The summed E-state index contributed by atoms with van der Waals surface area (Å²) in [5.74, 6) is 0. The fourth-order valence-corrected chi connectivity index (χ4v) is 4.98. The molecule has 1 heterocycles. The van der Waals surface area contributed by atoms with E-state index in [4.69, 9.17) is 4.99 Å². The first-order chi connectivity index (χ1) is 15.7. The molecule has 1 aliphatic heterocycles. The highest BCUT2D eigenvalue weighted by molar-refractivity contribution is 8.05. The monoisotopic (exact) mass is 438 g/mol. The number of nitrogens with zero attached hydrogens (tertiary/aromatic N) is 2. The lowest BCUT2D eigenvalue weighted by atomic mass is 9.93. The molecule has 0 unspecified atom stereocenters. The second-order valence-electron chi connectivity index (χ2n) is 7.08. The first-order valence-corrected chi connectivity index (χ1v) is 11.9. The third-order valence-electron chi connectivity index (χ3n) is 5.24. The molecule has 0 saturated carbocycles. The standard InChI is InChI=1S/C27H24N2S.C2H6/c1-5-19-15-16-20(17-23(19)21-12-8-7-11-18(21)3)25(28-4)27-26(29-6-2)22-13-9-10-14-24(22)30-27;1-2/h5,7-17H,1,4,6H2,2-3H3;1-2H3/b27-25+,29-26?;. The third-order valence-corrected chi connectivity index (χ3v) is 6.41. The number of aliphatic imine (C=N–C) groups is 2. The van der Waals surface area contributed by atoms with Crippen molar-refractivity contribution in [3.63, 3.8) is 0 Å². The Kier molecular flexibility index (Phi) is 8.02. The summed E-state index contributed by atoms with van der Waals surface area (Å²) in [6.45, 7) is 16.8. The molecular weight excluding hydrogens is 408 g/mol. The van der Waals surface area contributed by atoms with Crippen LogP contribution < -0.4 is 0 Å². The molecule has 162 valence electrons. The Labute approximate surface area is 196 Å². The molecule has 3 heteroatoms. The van der Waals surface area contributed by atoms with Crippen LogP contribution in [0.15, 0.2) is 93.1 Å². The van der Waals surface area contributed by atoms with Crippen molar-refractivity contribution in [3.05, 3.63) is 100 Å². The van der Waals surface area contributed by atoms with Gasteiger partial charge in [0.2, 0.25) is 0 Å². The SMILES string of the molecule is C=Cc1ccc(/C(N=C)=C2\Sc3ccccc3C2=NCC)cc1-c1ccccc1C.CC. The number of allylic oxidation sites excluding steroid dienone is 1. The van der Waals surface area contributed by atoms with Crippen molar-refractivity contribution in [2.45, 2.75) is 32.6 Å². The molecule has 0 aromatic heterocycles. The van der Waals surface area contributed by atoms with Crippen LogP contribution in [0.2, 0.25) is 0 Å². The third kappa shape index (κ3) is 4.53. The predicted octanol–water partition coefficient (Wildman–Crippen LogP) is 8.32. The summed E-state index contributed by atoms with van der Waals surface area (Å²) in [5.41, 5.74) is 8.76. The van der Waals surface area contributed by atoms with Crippen LogP contribution in [0.1, 0.15) is 43.0 Å². The van der Waals surface area contributed by atoms with Crippen molar-refractivity contribution in [1.82, 2.24) is 0 Å². The van der Waals surface area contributed by atoms with Crippen molar-refractivity contribution < 1.29 is 0 Å². The molecular formula is C29H30N2S. The Balaban J connectivity index is 0.00000141. The lowest BCUT2D eigenvalue weighted by Gasteiger charge is -2.14. The van der Waals surface area contributed by atoms with Crippen LogP contribution in [0.4, 0.5) is 0 Å². The minimum Gasteiger partial charge on any atom is -0.284 e. The van der Waals surface area contributed by atoms with Gasteiger partial charge < -0.3 is 0 Å². The molecule has 0 amide bonds. The first-order valence-electron chi connectivity index (χ1n) is 11.0. The van der Waals surface area contributed by atoms with Crippen LogP contribution in [0.3, 0.4) is 0 Å². The minimum absolute atomic E-state index is 0.724. The summed E-state index contributed by atoms with van der Waals surface area (Å²) in [4.78, 5) is 11.5. The number of benzene rings is 3. The van der Waals surface area contributed by atoms with Crippen molar-refractivity contribution in [3.8, 4) is 11.1 Å². The number of aryl methyl sites for hydroxylation is 1. The molecule has 0 fully saturated rings. The smallest absolute Gasteiger partial charge is 0.0856 e. The quantitative estimate of drug-likeness (QED) is 0.368. The van der Waals surface area contributed by atoms with Gasteiger partial charge in [-0.3, -0.25) is 9.98 Å². The van der Waals surface area contributed by atoms with Gasteiger partial charge in [0.25, 0.3) is 0 Å². The molecule has 0 saturated heterocycles. The Bertz CT molecular complexity index is 1200. The minimum atomic E-state index is 0.724. The zero-order valence-electron chi connectivity index (χ0n) is 19.4. The molecule has 0 spiro atoms. The van der Waals surface area contributed by atoms with Gasteiger partial charge in [0.05, 0.1) is 16.3 Å². The molecule has 3 aromatic rings. The topological polar surface area (TPSA) is 24.7 Å². The average molecular weight is 439 g/mol. The van der Waals surface area contributed by atoms with E-state index in [1.54, 1.807) is 11.8 Å². The highest BCUT2D eigenvalue weighted by atomic mass is 32.2. The van der Waals surface area contributed by atoms with Crippen molar-refractivity contribution >= 4 is 36.0 Å². The van der Waals surface area contributed by atoms with Crippen LogP contribution in [-0.4, -0.2) is 19.0 Å². The van der Waals surface area contributed by atoms with E-state index in [1.807, 2.05) is 19.9 Å². The van der Waals surface area contributed by atoms with Gasteiger partial charge in [0.1, 0.15) is 0 Å². The lowest BCUT2D eigenvalue weighted by molar-refractivity contribution is 1.13. The molecule has 0 atom stereocenters. The average Bonchev–Trinajstić information content (AvgIpc) is 3.19. The maximum Gasteiger partial charge on any atom is 0.0856 e. The van der Waals surface area contributed by atoms with E-state index in [-0.39, 0.29) is 0 Å². The summed E-state index contributed by atoms with van der Waals surface area (Å²) >= 11 is 1.72. The molecule has 3 aromatic carbocycles. The Morgan fingerprint density at radius 3 is 2.28 bits per heavy atom. The summed E-state index contributed by atoms with van der Waals surface area (Å²) in [5, 5.41) is 0. The van der Waals surface area contributed by atoms with E-state index in [1.165, 1.54) is 21.6 Å². The van der Waals surface area contributed by atoms with Crippen molar-refractivity contribution in [2.75, 3.05) is 6.54 Å². The van der Waals surface area contributed by atoms with Gasteiger partial charge in [0, 0.05) is 22.6 Å². The number of hydrogen-bond acceptors (Lipinski definition) is 3. The molecule has 0 radical (unpaired) electrons. The maximum absolute atomic E-state index is 4.80. The van der Waals surface area contributed by atoms with Gasteiger partial charge in [-0.1, -0.05) is 92.9 Å². The Morgan fingerprint density at radius 2 is 1.62 bits per heavy atom. The van der Waals surface area contributed by atoms with Crippen LogP contribution in [0.5, 0.6) is 0 Å². The van der Waals surface area contributed by atoms with Crippen LogP contribution >= 0.6 is 11.8 Å². The predicted molar refractivity (Wildman–Crippen MR) is 144 cm³/mol. The molecule has 4 rings (SSSR count). The fourth-order valence-electron chi connectivity index (χ4n) is 3.79. The Hall–Kier alpha value is -3.17. The molecule has 0 N–H and O–H groups in total. The van der Waals surface area contributed by atoms with E-state index in [2.05, 4.69) is 98.9 Å². The molecule has 32 heavy (non-hydrogen) atoms. The largest absolute Gasteiger partial charge is 0.284 e. The van der Waals surface area contributed by atoms with Crippen molar-refractivity contribution in [1.29, 1.82) is 0 Å². The molecule has 0 aliphatic carbocycles. The zero-order valence-corrected chi connectivity index (χ0v) is 20.2. The summed E-state index contributed by atoms with van der Waals surface area (Å²) in [7, 11) is 0. The van der Waals surface area contributed by atoms with Gasteiger partial charge in [-0.05, 0) is 55.0 Å². The number of hydrogen-bond donors (Lipinski definition) is 0. The highest BCUT2D eigenvalue weighted by Gasteiger charge is 2.27. The second-order valence-corrected chi connectivity index (χ2v) is 8.13. The van der Waals surface area contributed by atoms with Gasteiger partial charge in [-0.2, -0.15) is 0 Å². The summed E-state index contributed by atoms with van der Waals surface area (Å²) < 4.78 is 0. The van der Waals surface area contributed by atoms with Gasteiger partial charge in [-0.25, -0.2) is 0 Å². The molecule has 2 nitrogen and oxygen atoms in total. The van der Waals surface area contributed by atoms with E-state index >= 15 is 0 Å². The van der Waals surface area contributed by atoms with Gasteiger partial charge in [-0.15, -0.1) is 0 Å². The highest BCUT2D eigenvalue weighted by Crippen LogP contribution is 2.45. The van der Waals surface area contributed by atoms with E-state index in [9.17, 15) is 0 Å². The maximum atomic E-state index is 4.80. The second kappa shape index (κ2) is 10.9. The zero-order chi connectivity index (χ0) is 23.1. The van der Waals surface area contributed by atoms with Gasteiger partial charge in [0.15, 0.2) is 0 Å². The lowest BCUT2D eigenvalue weighted by Crippen LogP contribution is -2.01. The number of thioether (sulfide) groups is 1. The normalized spacial score (nSPS) is 14.9. The summed E-state index contributed by atoms with van der Waals surface area (Å²) in [6, 6.07) is 23.2. The van der Waals surface area contributed by atoms with Crippen LogP contribution in [0.25, 0.3) is 22.9 Å². The fraction of sp³-hybridized carbons (Fsp3) is 0.172. The van der Waals surface area contributed by atoms with E-state index < -0.39 is 0 Å². The first kappa shape index (κ1) is 23.5. The van der Waals surface area contributed by atoms with E-state index in [0.717, 1.165) is 39.5 Å². The number of fused-ring (bicyclic) bond motifs is 1. The Morgan fingerprint density at radius 1 is 0.938 bits per heavy atom. The van der Waals surface area contributed by atoms with Gasteiger partial charge >= 0.3 is 0 Å². The van der Waals surface area contributed by atoms with E-state index in [0.29, 0.717) is 0 Å². The number of rotatable bonds is 5. The molecule has 0 bridgehead atoms. The van der Waals surface area contributed by atoms with Crippen LogP contribution in [-0.2, 0) is 0 Å². The molecule has 1 aliphatic rings. The summed E-state index contributed by atoms with van der Waals surface area (Å²) in [6.07, 6.45) is 1.91.